The number of carbonyl (C=O) groups excluding carboxylic acids is 1. The molecule has 0 radical (unpaired) electrons. The number of methoxy groups -OCH3 is 1. The maximum atomic E-state index is 12.1. The van der Waals surface area contributed by atoms with Gasteiger partial charge in [0, 0.05) is 22.3 Å². The summed E-state index contributed by atoms with van der Waals surface area (Å²) in [6.45, 7) is 2.88. The molecular formula is C16H23NO3S. The molecule has 4 atom stereocenters. The van der Waals surface area contributed by atoms with Crippen molar-refractivity contribution in [3.63, 3.8) is 0 Å². The third-order valence-corrected chi connectivity index (χ3v) is 5.87. The first-order chi connectivity index (χ1) is 10.1. The summed E-state index contributed by atoms with van der Waals surface area (Å²) in [5.41, 5.74) is 0. The van der Waals surface area contributed by atoms with Gasteiger partial charge in [-0.2, -0.15) is 0 Å². The molecule has 0 amide bonds. The van der Waals surface area contributed by atoms with Gasteiger partial charge in [0.2, 0.25) is 0 Å². The van der Waals surface area contributed by atoms with Gasteiger partial charge in [0.25, 0.3) is 0 Å². The Kier molecular flexibility index (Phi) is 4.33. The van der Waals surface area contributed by atoms with Crippen molar-refractivity contribution in [1.82, 2.24) is 4.90 Å². The highest BCUT2D eigenvalue weighted by Gasteiger charge is 2.47. The Bertz CT molecular complexity index is 515. The SMILES string of the molecule is COC(=O)[C@@H]1C[C@@H]2CC[C@@H](O)C[C@@H]2N1Cc1ccc(C)s1. The molecular weight excluding hydrogens is 286 g/mol. The number of thiophene rings is 1. The number of fused-ring (bicyclic) bond motifs is 1. The predicted octanol–water partition coefficient (Wildman–Crippen LogP) is 2.33. The van der Waals surface area contributed by atoms with E-state index in [1.807, 2.05) is 0 Å². The van der Waals surface area contributed by atoms with Crippen LogP contribution in [0.5, 0.6) is 0 Å². The quantitative estimate of drug-likeness (QED) is 0.871. The third kappa shape index (κ3) is 3.00. The molecule has 5 heteroatoms. The zero-order valence-corrected chi connectivity index (χ0v) is 13.4. The first kappa shape index (κ1) is 15.0. The Balaban J connectivity index is 1.81. The second kappa shape index (κ2) is 6.07. The summed E-state index contributed by atoms with van der Waals surface area (Å²) in [4.78, 5) is 17.0. The van der Waals surface area contributed by atoms with E-state index in [0.717, 1.165) is 32.2 Å². The molecule has 3 rings (SSSR count). The average molecular weight is 309 g/mol. The molecule has 116 valence electrons. The van der Waals surface area contributed by atoms with Crippen molar-refractivity contribution in [2.75, 3.05) is 7.11 Å². The molecule has 1 saturated carbocycles. The van der Waals surface area contributed by atoms with Crippen LogP contribution in [0, 0.1) is 12.8 Å². The van der Waals surface area contributed by atoms with Crippen LogP contribution in [0.1, 0.15) is 35.4 Å². The highest BCUT2D eigenvalue weighted by molar-refractivity contribution is 7.11. The normalized spacial score (nSPS) is 32.9. The molecule has 0 spiro atoms. The topological polar surface area (TPSA) is 49.8 Å². The monoisotopic (exact) mass is 309 g/mol. The second-order valence-corrected chi connectivity index (χ2v) is 7.63. The molecule has 1 saturated heterocycles. The van der Waals surface area contributed by atoms with E-state index < -0.39 is 0 Å². The maximum absolute atomic E-state index is 12.1. The van der Waals surface area contributed by atoms with Crippen molar-refractivity contribution >= 4 is 17.3 Å². The predicted molar refractivity (Wildman–Crippen MR) is 82.2 cm³/mol. The van der Waals surface area contributed by atoms with Gasteiger partial charge in [-0.15, -0.1) is 11.3 Å². The molecule has 1 aromatic rings. The lowest BCUT2D eigenvalue weighted by atomic mass is 9.83. The highest BCUT2D eigenvalue weighted by atomic mass is 32.1. The Labute approximate surface area is 129 Å². The van der Waals surface area contributed by atoms with Crippen LogP contribution in [0.3, 0.4) is 0 Å². The fraction of sp³-hybridized carbons (Fsp3) is 0.688. The zero-order chi connectivity index (χ0) is 15.0. The summed E-state index contributed by atoms with van der Waals surface area (Å²) in [7, 11) is 1.46. The number of rotatable bonds is 3. The minimum Gasteiger partial charge on any atom is -0.468 e. The number of esters is 1. The fourth-order valence-corrected chi connectivity index (χ4v) is 4.77. The number of aryl methyl sites for hydroxylation is 1. The molecule has 2 aliphatic rings. The smallest absolute Gasteiger partial charge is 0.323 e. The molecule has 0 aromatic carbocycles. The molecule has 1 aliphatic heterocycles. The Morgan fingerprint density at radius 3 is 2.90 bits per heavy atom. The van der Waals surface area contributed by atoms with Crippen molar-refractivity contribution in [2.24, 2.45) is 5.92 Å². The Morgan fingerprint density at radius 2 is 2.24 bits per heavy atom. The number of aliphatic hydroxyl groups is 1. The highest BCUT2D eigenvalue weighted by Crippen LogP contribution is 2.41. The lowest BCUT2D eigenvalue weighted by Gasteiger charge is -2.35. The van der Waals surface area contributed by atoms with Gasteiger partial charge in [0.15, 0.2) is 0 Å². The summed E-state index contributed by atoms with van der Waals surface area (Å²) in [5.74, 6) is 0.380. The van der Waals surface area contributed by atoms with Gasteiger partial charge in [-0.25, -0.2) is 0 Å². The van der Waals surface area contributed by atoms with E-state index in [2.05, 4.69) is 24.0 Å². The van der Waals surface area contributed by atoms with E-state index in [9.17, 15) is 9.90 Å². The molecule has 1 aromatic heterocycles. The second-order valence-electron chi connectivity index (χ2n) is 6.25. The van der Waals surface area contributed by atoms with E-state index in [1.54, 1.807) is 11.3 Å². The fourth-order valence-electron chi connectivity index (χ4n) is 3.87. The molecule has 4 nitrogen and oxygen atoms in total. The Morgan fingerprint density at radius 1 is 1.43 bits per heavy atom. The van der Waals surface area contributed by atoms with Crippen LogP contribution in [0.15, 0.2) is 12.1 Å². The minimum atomic E-state index is -0.227. The van der Waals surface area contributed by atoms with Crippen LogP contribution >= 0.6 is 11.3 Å². The number of likely N-dealkylation sites (tertiary alicyclic amines) is 1. The van der Waals surface area contributed by atoms with E-state index in [1.165, 1.54) is 16.9 Å². The van der Waals surface area contributed by atoms with Crippen LogP contribution in [-0.2, 0) is 16.1 Å². The molecule has 1 aliphatic carbocycles. The van der Waals surface area contributed by atoms with Crippen LogP contribution in [0.2, 0.25) is 0 Å². The van der Waals surface area contributed by atoms with Crippen molar-refractivity contribution in [3.05, 3.63) is 21.9 Å². The third-order valence-electron chi connectivity index (χ3n) is 4.89. The molecule has 1 N–H and O–H groups in total. The summed E-state index contributed by atoms with van der Waals surface area (Å²) in [6.07, 6.45) is 3.30. The summed E-state index contributed by atoms with van der Waals surface area (Å²) in [5, 5.41) is 9.99. The Hall–Kier alpha value is -0.910. The van der Waals surface area contributed by atoms with Crippen molar-refractivity contribution < 1.29 is 14.6 Å². The van der Waals surface area contributed by atoms with Crippen molar-refractivity contribution in [1.29, 1.82) is 0 Å². The van der Waals surface area contributed by atoms with Crippen molar-refractivity contribution in [2.45, 2.75) is 57.3 Å². The van der Waals surface area contributed by atoms with Crippen LogP contribution in [0.25, 0.3) is 0 Å². The van der Waals surface area contributed by atoms with Gasteiger partial charge in [-0.3, -0.25) is 9.69 Å². The number of hydrogen-bond acceptors (Lipinski definition) is 5. The van der Waals surface area contributed by atoms with Crippen LogP contribution < -0.4 is 0 Å². The summed E-state index contributed by atoms with van der Waals surface area (Å²) in [6, 6.07) is 4.41. The molecule has 2 fully saturated rings. The van der Waals surface area contributed by atoms with E-state index in [0.29, 0.717) is 12.0 Å². The lowest BCUT2D eigenvalue weighted by molar-refractivity contribution is -0.146. The zero-order valence-electron chi connectivity index (χ0n) is 12.6. The molecule has 2 heterocycles. The number of aliphatic hydroxyl groups excluding tert-OH is 1. The number of ether oxygens (including phenoxy) is 1. The van der Waals surface area contributed by atoms with Crippen LogP contribution in [0.4, 0.5) is 0 Å². The van der Waals surface area contributed by atoms with Gasteiger partial charge in [0.1, 0.15) is 6.04 Å². The largest absolute Gasteiger partial charge is 0.468 e. The maximum Gasteiger partial charge on any atom is 0.323 e. The summed E-state index contributed by atoms with van der Waals surface area (Å²) < 4.78 is 5.00. The minimum absolute atomic E-state index is 0.132. The molecule has 21 heavy (non-hydrogen) atoms. The number of hydrogen-bond donors (Lipinski definition) is 1. The first-order valence-corrected chi connectivity index (χ1v) is 8.47. The van der Waals surface area contributed by atoms with E-state index in [-0.39, 0.29) is 18.1 Å². The number of carbonyl (C=O) groups is 1. The number of nitrogens with zero attached hydrogens (tertiary/aromatic N) is 1. The van der Waals surface area contributed by atoms with E-state index >= 15 is 0 Å². The van der Waals surface area contributed by atoms with Gasteiger partial charge in [-0.05, 0) is 50.7 Å². The van der Waals surface area contributed by atoms with E-state index in [4.69, 9.17) is 4.74 Å². The standard InChI is InChI=1S/C16H23NO3S/c1-10-3-6-13(21-10)9-17-14-8-12(18)5-4-11(14)7-15(17)16(19)20-2/h3,6,11-12,14-15,18H,4-5,7-9H2,1-2H3/t11-,12+,14-,15-/m0/s1. The van der Waals surface area contributed by atoms with Gasteiger partial charge < -0.3 is 9.84 Å². The van der Waals surface area contributed by atoms with Gasteiger partial charge in [0.05, 0.1) is 13.2 Å². The lowest BCUT2D eigenvalue weighted by Crippen LogP contribution is -2.44. The summed E-state index contributed by atoms with van der Waals surface area (Å²) >= 11 is 1.78. The van der Waals surface area contributed by atoms with Gasteiger partial charge >= 0.3 is 5.97 Å². The molecule has 0 unspecified atom stereocenters. The molecule has 0 bridgehead atoms. The van der Waals surface area contributed by atoms with Gasteiger partial charge in [-0.1, -0.05) is 0 Å². The first-order valence-electron chi connectivity index (χ1n) is 7.65. The van der Waals surface area contributed by atoms with Crippen LogP contribution in [-0.4, -0.2) is 41.3 Å². The average Bonchev–Trinajstić information content (AvgIpc) is 3.03. The van der Waals surface area contributed by atoms with Crippen molar-refractivity contribution in [3.8, 4) is 0 Å².